The fourth-order valence-corrected chi connectivity index (χ4v) is 10.6. The SMILES string of the molecule is CC1(C)C(NC(=O)c2ccc(N3CCC(CN4CCN(c5ccc6c(c5)C(=O)N(C5CCC(=O)NC5=O)C6=O)CC4)CC3)nn2)C(C)(C)C1Oc1ccc(C#N)c2ncccc12. The summed E-state index contributed by atoms with van der Waals surface area (Å²) >= 11 is 0. The summed E-state index contributed by atoms with van der Waals surface area (Å²) in [4.78, 5) is 76.5. The van der Waals surface area contributed by atoms with Crippen LogP contribution in [0.15, 0.2) is 60.8 Å². The van der Waals surface area contributed by atoms with E-state index in [0.717, 1.165) is 80.4 Å². The molecule has 6 heterocycles. The molecular formula is C46H50N10O6. The number of benzene rings is 2. The van der Waals surface area contributed by atoms with Gasteiger partial charge in [-0.3, -0.25) is 44.1 Å². The monoisotopic (exact) mass is 838 g/mol. The van der Waals surface area contributed by atoms with Crippen LogP contribution in [0.4, 0.5) is 11.5 Å². The van der Waals surface area contributed by atoms with Gasteiger partial charge in [-0.2, -0.15) is 5.26 Å². The van der Waals surface area contributed by atoms with Crippen LogP contribution in [0.5, 0.6) is 5.75 Å². The van der Waals surface area contributed by atoms with E-state index in [0.29, 0.717) is 28.3 Å². The third-order valence-corrected chi connectivity index (χ3v) is 13.7. The first-order chi connectivity index (χ1) is 29.7. The zero-order chi connectivity index (χ0) is 43.5. The number of anilines is 2. The zero-order valence-electron chi connectivity index (χ0n) is 35.4. The number of hydrogen-bond acceptors (Lipinski definition) is 13. The van der Waals surface area contributed by atoms with Crippen molar-refractivity contribution >= 4 is 51.9 Å². The second-order valence-electron chi connectivity index (χ2n) is 18.3. The summed E-state index contributed by atoms with van der Waals surface area (Å²) in [5.74, 6) is -0.338. The third kappa shape index (κ3) is 7.17. The van der Waals surface area contributed by atoms with Crippen molar-refractivity contribution in [1.82, 2.24) is 35.6 Å². The molecule has 2 aromatic carbocycles. The number of nitriles is 1. The van der Waals surface area contributed by atoms with Crippen LogP contribution in [-0.4, -0.2) is 119 Å². The second-order valence-corrected chi connectivity index (χ2v) is 18.3. The highest BCUT2D eigenvalue weighted by molar-refractivity contribution is 6.23. The number of hydrogen-bond donors (Lipinski definition) is 2. The van der Waals surface area contributed by atoms with Gasteiger partial charge in [-0.1, -0.05) is 27.7 Å². The summed E-state index contributed by atoms with van der Waals surface area (Å²) in [5.41, 5.74) is 1.98. The van der Waals surface area contributed by atoms with Crippen LogP contribution >= 0.6 is 0 Å². The first-order valence-corrected chi connectivity index (χ1v) is 21.4. The van der Waals surface area contributed by atoms with Gasteiger partial charge in [0, 0.05) is 86.4 Å². The molecule has 0 spiro atoms. The summed E-state index contributed by atoms with van der Waals surface area (Å²) in [6.07, 6.45) is 3.68. The van der Waals surface area contributed by atoms with E-state index >= 15 is 0 Å². The maximum Gasteiger partial charge on any atom is 0.272 e. The van der Waals surface area contributed by atoms with Gasteiger partial charge in [-0.05, 0) is 79.8 Å². The normalized spacial score (nSPS) is 23.7. The first kappa shape index (κ1) is 40.9. The topological polar surface area (TPSA) is 194 Å². The predicted molar refractivity (Wildman–Crippen MR) is 228 cm³/mol. The number of nitrogens with one attached hydrogen (secondary N) is 2. The van der Waals surface area contributed by atoms with Crippen LogP contribution in [0.3, 0.4) is 0 Å². The molecule has 9 rings (SSSR count). The van der Waals surface area contributed by atoms with Crippen molar-refractivity contribution in [3.05, 3.63) is 83.2 Å². The van der Waals surface area contributed by atoms with Crippen molar-refractivity contribution in [3.8, 4) is 11.8 Å². The fraction of sp³-hybridized carbons (Fsp3) is 0.457. The molecule has 1 unspecified atom stereocenters. The number of ether oxygens (including phenoxy) is 1. The molecule has 1 aliphatic carbocycles. The Morgan fingerprint density at radius 1 is 0.871 bits per heavy atom. The Hall–Kier alpha value is -6.47. The Morgan fingerprint density at radius 2 is 1.61 bits per heavy atom. The largest absolute Gasteiger partial charge is 0.488 e. The molecule has 16 nitrogen and oxygen atoms in total. The number of amides is 5. The lowest BCUT2D eigenvalue weighted by Gasteiger charge is -2.63. The lowest BCUT2D eigenvalue weighted by atomic mass is 9.49. The van der Waals surface area contributed by atoms with E-state index in [9.17, 15) is 29.2 Å². The highest BCUT2D eigenvalue weighted by Gasteiger charge is 2.64. The molecule has 0 bridgehead atoms. The molecule has 62 heavy (non-hydrogen) atoms. The van der Waals surface area contributed by atoms with Crippen molar-refractivity contribution in [3.63, 3.8) is 0 Å². The van der Waals surface area contributed by atoms with Gasteiger partial charge in [0.15, 0.2) is 11.5 Å². The summed E-state index contributed by atoms with van der Waals surface area (Å²) in [5, 5.41) is 24.6. The molecule has 2 N–H and O–H groups in total. The Kier molecular flexibility index (Phi) is 10.4. The van der Waals surface area contributed by atoms with Crippen molar-refractivity contribution in [1.29, 1.82) is 5.26 Å². The van der Waals surface area contributed by atoms with E-state index < -0.39 is 40.5 Å². The lowest BCUT2D eigenvalue weighted by Crippen LogP contribution is -2.74. The molecule has 4 aromatic rings. The van der Waals surface area contributed by atoms with Crippen molar-refractivity contribution in [2.45, 2.75) is 71.6 Å². The fourth-order valence-electron chi connectivity index (χ4n) is 10.6. The Labute approximate surface area is 359 Å². The van der Waals surface area contributed by atoms with Crippen LogP contribution in [0.2, 0.25) is 0 Å². The van der Waals surface area contributed by atoms with Crippen LogP contribution in [0.25, 0.3) is 10.9 Å². The average Bonchev–Trinajstić information content (AvgIpc) is 3.52. The lowest BCUT2D eigenvalue weighted by molar-refractivity contribution is -0.163. The summed E-state index contributed by atoms with van der Waals surface area (Å²) in [6.45, 7) is 14.3. The highest BCUT2D eigenvalue weighted by Crippen LogP contribution is 2.56. The predicted octanol–water partition coefficient (Wildman–Crippen LogP) is 3.95. The summed E-state index contributed by atoms with van der Waals surface area (Å²) < 4.78 is 6.63. The number of carbonyl (C=O) groups excluding carboxylic acids is 5. The first-order valence-electron chi connectivity index (χ1n) is 21.4. The maximum atomic E-state index is 13.5. The minimum absolute atomic E-state index is 0.0849. The summed E-state index contributed by atoms with van der Waals surface area (Å²) in [6, 6.07) is 17.2. The molecular weight excluding hydrogens is 789 g/mol. The molecule has 0 radical (unpaired) electrons. The third-order valence-electron chi connectivity index (χ3n) is 13.7. The van der Waals surface area contributed by atoms with Gasteiger partial charge in [0.25, 0.3) is 17.7 Å². The van der Waals surface area contributed by atoms with E-state index in [1.54, 1.807) is 30.5 Å². The van der Waals surface area contributed by atoms with Gasteiger partial charge in [-0.15, -0.1) is 10.2 Å². The number of rotatable bonds is 9. The molecule has 1 saturated carbocycles. The Balaban J connectivity index is 0.740. The number of imide groups is 2. The van der Waals surface area contributed by atoms with Crippen LogP contribution in [0.1, 0.15) is 90.1 Å². The van der Waals surface area contributed by atoms with Crippen molar-refractivity contribution in [2.75, 3.05) is 55.6 Å². The molecule has 1 atom stereocenters. The van der Waals surface area contributed by atoms with Gasteiger partial charge < -0.3 is 19.9 Å². The molecule has 3 saturated heterocycles. The molecule has 5 aliphatic rings. The molecule has 5 amide bonds. The average molecular weight is 839 g/mol. The standard InChI is InChI=1S/C46H50N10O6/c1-45(2)43(46(3,4)44(45)62-35-12-7-28(25-47)38-31(35)6-5-17-48-38)50-39(58)33-10-13-36(52-51-33)55-18-15-27(16-19-55)26-53-20-22-54(23-21-53)29-8-9-30-32(24-29)42(61)56(41(30)60)34-11-14-37(57)49-40(34)59/h5-10,12-13,17,24,27,34,43-44H,11,14-16,18-23,26H2,1-4H3,(H,50,58)(H,49,57,59). The number of pyridine rings is 1. The minimum Gasteiger partial charge on any atom is -0.488 e. The Bertz CT molecular complexity index is 2500. The smallest absolute Gasteiger partial charge is 0.272 e. The van der Waals surface area contributed by atoms with Gasteiger partial charge in [0.1, 0.15) is 24.0 Å². The maximum absolute atomic E-state index is 13.5. The number of fused-ring (bicyclic) bond motifs is 2. The van der Waals surface area contributed by atoms with Crippen molar-refractivity contribution in [2.24, 2.45) is 16.7 Å². The molecule has 320 valence electrons. The van der Waals surface area contributed by atoms with E-state index in [4.69, 9.17) is 4.74 Å². The van der Waals surface area contributed by atoms with Crippen molar-refractivity contribution < 1.29 is 28.7 Å². The minimum atomic E-state index is -0.982. The number of piperazine rings is 1. The molecule has 4 fully saturated rings. The zero-order valence-corrected chi connectivity index (χ0v) is 35.4. The van der Waals surface area contributed by atoms with Crippen LogP contribution in [0, 0.1) is 28.1 Å². The number of piperidine rings is 2. The van der Waals surface area contributed by atoms with Gasteiger partial charge in [-0.25, -0.2) is 0 Å². The van der Waals surface area contributed by atoms with Gasteiger partial charge in [0.2, 0.25) is 11.8 Å². The number of carbonyl (C=O) groups is 5. The van der Waals surface area contributed by atoms with E-state index in [2.05, 4.69) is 74.3 Å². The molecule has 4 aliphatic heterocycles. The van der Waals surface area contributed by atoms with E-state index in [-0.39, 0.29) is 42.2 Å². The number of aromatic nitrogens is 3. The summed E-state index contributed by atoms with van der Waals surface area (Å²) in [7, 11) is 0. The van der Waals surface area contributed by atoms with E-state index in [1.807, 2.05) is 30.3 Å². The molecule has 2 aromatic heterocycles. The number of nitrogens with zero attached hydrogens (tertiary/aromatic N) is 8. The van der Waals surface area contributed by atoms with Gasteiger partial charge in [0.05, 0.1) is 22.2 Å². The van der Waals surface area contributed by atoms with Crippen LogP contribution < -0.4 is 25.2 Å². The van der Waals surface area contributed by atoms with Gasteiger partial charge >= 0.3 is 0 Å². The second kappa shape index (κ2) is 15.8. The molecule has 16 heteroatoms. The Morgan fingerprint density at radius 3 is 2.31 bits per heavy atom. The highest BCUT2D eigenvalue weighted by atomic mass is 16.5. The van der Waals surface area contributed by atoms with Crippen LogP contribution in [-0.2, 0) is 9.59 Å². The van der Waals surface area contributed by atoms with E-state index in [1.165, 1.54) is 0 Å². The quantitative estimate of drug-likeness (QED) is 0.231.